The van der Waals surface area contributed by atoms with Gasteiger partial charge in [-0.2, -0.15) is 0 Å². The average molecular weight is 364 g/mol. The molecule has 2 heterocycles. The van der Waals surface area contributed by atoms with Crippen molar-refractivity contribution in [3.63, 3.8) is 0 Å². The third-order valence-corrected chi connectivity index (χ3v) is 6.34. The summed E-state index contributed by atoms with van der Waals surface area (Å²) in [5.74, 6) is 2.51. The highest BCUT2D eigenvalue weighted by atomic mass is 32.2. The molecular weight excluding hydrogens is 346 g/mol. The van der Waals surface area contributed by atoms with Gasteiger partial charge >= 0.3 is 0 Å². The molecule has 0 atom stereocenters. The molecule has 3 rings (SSSR count). The second-order valence-corrected chi connectivity index (χ2v) is 8.38. The molecule has 0 aliphatic rings. The summed E-state index contributed by atoms with van der Waals surface area (Å²) in [6.45, 7) is 2.20. The summed E-state index contributed by atoms with van der Waals surface area (Å²) >= 11 is 5.09. The molecule has 0 saturated carbocycles. The van der Waals surface area contributed by atoms with E-state index in [1.807, 2.05) is 30.3 Å². The molecule has 0 fully saturated rings. The van der Waals surface area contributed by atoms with Gasteiger partial charge in [-0.15, -0.1) is 10.2 Å². The fourth-order valence-corrected chi connectivity index (χ4v) is 4.89. The zero-order valence-corrected chi connectivity index (χ0v) is 15.2. The van der Waals surface area contributed by atoms with E-state index >= 15 is 0 Å². The Bertz CT molecular complexity index is 727. The van der Waals surface area contributed by atoms with E-state index in [1.165, 1.54) is 12.8 Å². The molecule has 0 radical (unpaired) electrons. The van der Waals surface area contributed by atoms with Crippen molar-refractivity contribution in [1.29, 1.82) is 0 Å². The molecule has 2 aromatic heterocycles. The van der Waals surface area contributed by atoms with Crippen LogP contribution in [0.15, 0.2) is 49.7 Å². The van der Waals surface area contributed by atoms with Crippen molar-refractivity contribution < 1.29 is 4.42 Å². The van der Waals surface area contributed by atoms with Crippen LogP contribution < -0.4 is 0 Å². The lowest BCUT2D eigenvalue weighted by molar-refractivity contribution is 0.573. The van der Waals surface area contributed by atoms with Crippen LogP contribution in [0, 0.1) is 0 Å². The summed E-state index contributed by atoms with van der Waals surface area (Å²) in [5, 5.41) is 8.45. The summed E-state index contributed by atoms with van der Waals surface area (Å²) in [6.07, 6.45) is 4.14. The Kier molecular flexibility index (Phi) is 6.13. The van der Waals surface area contributed by atoms with Crippen molar-refractivity contribution in [3.8, 4) is 11.5 Å². The van der Waals surface area contributed by atoms with Crippen molar-refractivity contribution in [1.82, 2.24) is 15.2 Å². The molecule has 0 bridgehead atoms. The summed E-state index contributed by atoms with van der Waals surface area (Å²) in [7, 11) is 0. The smallest absolute Gasteiger partial charge is 0.226 e. The van der Waals surface area contributed by atoms with Gasteiger partial charge in [-0.25, -0.2) is 4.98 Å². The number of benzene rings is 1. The lowest BCUT2D eigenvalue weighted by atomic mass is 10.2. The summed E-state index contributed by atoms with van der Waals surface area (Å²) in [4.78, 5) is 4.53. The molecule has 120 valence electrons. The molecule has 0 aliphatic carbocycles. The Morgan fingerprint density at radius 1 is 1.09 bits per heavy atom. The summed E-state index contributed by atoms with van der Waals surface area (Å²) < 4.78 is 7.58. The second kappa shape index (κ2) is 8.52. The predicted molar refractivity (Wildman–Crippen MR) is 97.0 cm³/mol. The van der Waals surface area contributed by atoms with E-state index in [2.05, 4.69) is 22.1 Å². The van der Waals surface area contributed by atoms with Gasteiger partial charge in [0.05, 0.1) is 5.69 Å². The first-order valence-corrected chi connectivity index (χ1v) is 10.2. The zero-order valence-electron chi connectivity index (χ0n) is 12.8. The van der Waals surface area contributed by atoms with Crippen LogP contribution in [-0.4, -0.2) is 20.9 Å². The normalized spacial score (nSPS) is 11.0. The van der Waals surface area contributed by atoms with Crippen LogP contribution in [0.2, 0.25) is 0 Å². The number of hydrogen-bond acceptors (Lipinski definition) is 7. The largest absolute Gasteiger partial charge is 0.444 e. The van der Waals surface area contributed by atoms with Crippen molar-refractivity contribution in [2.45, 2.75) is 34.2 Å². The lowest BCUT2D eigenvalue weighted by Crippen LogP contribution is -1.82. The Hall–Kier alpha value is -1.31. The maximum atomic E-state index is 5.55. The molecule has 4 nitrogen and oxygen atoms in total. The standard InChI is InChI=1S/C16H17N3OS3/c1-2-3-9-21-15-18-19-16(23-15)22-11-13-10-20-14(17-13)12-7-5-4-6-8-12/h4-8,10H,2-3,9,11H2,1H3. The Balaban J connectivity index is 1.54. The first-order valence-electron chi connectivity index (χ1n) is 7.44. The topological polar surface area (TPSA) is 51.8 Å². The SMILES string of the molecule is CCCCSc1nnc(SCc2coc(-c3ccccc3)n2)s1. The van der Waals surface area contributed by atoms with Crippen molar-refractivity contribution in [3.05, 3.63) is 42.3 Å². The van der Waals surface area contributed by atoms with E-state index in [-0.39, 0.29) is 0 Å². The van der Waals surface area contributed by atoms with Gasteiger partial charge < -0.3 is 4.42 Å². The van der Waals surface area contributed by atoms with E-state index in [4.69, 9.17) is 4.42 Å². The number of aromatic nitrogens is 3. The van der Waals surface area contributed by atoms with Crippen LogP contribution in [0.4, 0.5) is 0 Å². The van der Waals surface area contributed by atoms with Crippen LogP contribution in [0.3, 0.4) is 0 Å². The van der Waals surface area contributed by atoms with Gasteiger partial charge in [-0.05, 0) is 18.6 Å². The van der Waals surface area contributed by atoms with Crippen molar-refractivity contribution in [2.75, 3.05) is 5.75 Å². The van der Waals surface area contributed by atoms with Gasteiger partial charge in [0.1, 0.15) is 6.26 Å². The van der Waals surface area contributed by atoms with Crippen LogP contribution in [0.1, 0.15) is 25.5 Å². The predicted octanol–water partition coefficient (Wildman–Crippen LogP) is 5.38. The number of thioether (sulfide) groups is 2. The number of rotatable bonds is 8. The lowest BCUT2D eigenvalue weighted by Gasteiger charge is -1.93. The summed E-state index contributed by atoms with van der Waals surface area (Å²) in [5.41, 5.74) is 1.92. The van der Waals surface area contributed by atoms with Gasteiger partial charge in [0, 0.05) is 17.1 Å². The molecular formula is C16H17N3OS3. The Morgan fingerprint density at radius 2 is 1.87 bits per heavy atom. The minimum absolute atomic E-state index is 0.661. The third-order valence-electron chi connectivity index (χ3n) is 3.03. The van der Waals surface area contributed by atoms with Gasteiger partial charge in [-0.3, -0.25) is 0 Å². The molecule has 3 aromatic rings. The Morgan fingerprint density at radius 3 is 2.65 bits per heavy atom. The molecule has 0 unspecified atom stereocenters. The van der Waals surface area contributed by atoms with E-state index in [1.54, 1.807) is 41.1 Å². The minimum atomic E-state index is 0.661. The third kappa shape index (κ3) is 4.83. The number of hydrogen-bond donors (Lipinski definition) is 0. The Labute approximate surface area is 148 Å². The van der Waals surface area contributed by atoms with Gasteiger partial charge in [0.15, 0.2) is 8.68 Å². The quantitative estimate of drug-likeness (QED) is 0.396. The molecule has 0 spiro atoms. The molecule has 0 amide bonds. The monoisotopic (exact) mass is 363 g/mol. The highest BCUT2D eigenvalue weighted by Gasteiger charge is 2.09. The number of unbranched alkanes of at least 4 members (excludes halogenated alkanes) is 1. The van der Waals surface area contributed by atoms with Crippen LogP contribution >= 0.6 is 34.9 Å². The molecule has 0 N–H and O–H groups in total. The maximum Gasteiger partial charge on any atom is 0.226 e. The van der Waals surface area contributed by atoms with E-state index < -0.39 is 0 Å². The summed E-state index contributed by atoms with van der Waals surface area (Å²) in [6, 6.07) is 9.93. The first kappa shape index (κ1) is 16.5. The van der Waals surface area contributed by atoms with Gasteiger partial charge in [0.2, 0.25) is 5.89 Å². The van der Waals surface area contributed by atoms with E-state index in [0.29, 0.717) is 5.89 Å². The number of nitrogens with zero attached hydrogens (tertiary/aromatic N) is 3. The number of oxazole rings is 1. The molecule has 1 aromatic carbocycles. The fourth-order valence-electron chi connectivity index (χ4n) is 1.84. The zero-order chi connectivity index (χ0) is 15.9. The first-order chi connectivity index (χ1) is 11.3. The highest BCUT2D eigenvalue weighted by molar-refractivity contribution is 8.02. The van der Waals surface area contributed by atoms with Crippen molar-refractivity contribution in [2.24, 2.45) is 0 Å². The minimum Gasteiger partial charge on any atom is -0.444 e. The van der Waals surface area contributed by atoms with E-state index in [0.717, 1.165) is 31.4 Å². The molecule has 7 heteroatoms. The van der Waals surface area contributed by atoms with Crippen molar-refractivity contribution >= 4 is 34.9 Å². The molecule has 0 aliphatic heterocycles. The van der Waals surface area contributed by atoms with Gasteiger partial charge in [0.25, 0.3) is 0 Å². The van der Waals surface area contributed by atoms with Crippen LogP contribution in [0.5, 0.6) is 0 Å². The van der Waals surface area contributed by atoms with E-state index in [9.17, 15) is 0 Å². The maximum absolute atomic E-state index is 5.55. The fraction of sp³-hybridized carbons (Fsp3) is 0.312. The van der Waals surface area contributed by atoms with Crippen LogP contribution in [0.25, 0.3) is 11.5 Å². The highest BCUT2D eigenvalue weighted by Crippen LogP contribution is 2.31. The molecule has 23 heavy (non-hydrogen) atoms. The van der Waals surface area contributed by atoms with Crippen LogP contribution in [-0.2, 0) is 5.75 Å². The average Bonchev–Trinajstić information content (AvgIpc) is 3.23. The second-order valence-electron chi connectivity index (χ2n) is 4.83. The van der Waals surface area contributed by atoms with Gasteiger partial charge in [-0.1, -0.05) is 66.4 Å². The molecule has 0 saturated heterocycles.